The molecule has 0 aliphatic rings. The van der Waals surface area contributed by atoms with Crippen LogP contribution in [0.15, 0.2) is 77.7 Å². The molecule has 4 aromatic rings. The zero-order chi connectivity index (χ0) is 21.6. The fraction of sp³-hybridized carbons (Fsp3) is 0.200. The highest BCUT2D eigenvalue weighted by Gasteiger charge is 2.20. The number of halogens is 1. The number of fused-ring (bicyclic) bond motifs is 1. The molecule has 4 rings (SSSR count). The van der Waals surface area contributed by atoms with Gasteiger partial charge in [-0.3, -0.25) is 9.69 Å². The minimum absolute atomic E-state index is 0.0834. The molecule has 0 spiro atoms. The number of amides is 1. The first-order valence-electron chi connectivity index (χ1n) is 10.2. The van der Waals surface area contributed by atoms with Gasteiger partial charge in [-0.25, -0.2) is 4.98 Å². The molecule has 0 saturated heterocycles. The average molecular weight is 467 g/mol. The molecular weight excluding hydrogens is 444 g/mol. The lowest BCUT2D eigenvalue weighted by molar-refractivity contribution is -0.118. The second-order valence-electron chi connectivity index (χ2n) is 7.17. The van der Waals surface area contributed by atoms with Crippen LogP contribution in [-0.2, 0) is 17.8 Å². The van der Waals surface area contributed by atoms with Gasteiger partial charge >= 0.3 is 0 Å². The topological polar surface area (TPSA) is 33.2 Å². The second kappa shape index (κ2) is 10.3. The summed E-state index contributed by atoms with van der Waals surface area (Å²) >= 11 is 9.21. The lowest BCUT2D eigenvalue weighted by Gasteiger charge is -2.20. The van der Waals surface area contributed by atoms with Gasteiger partial charge in [0.1, 0.15) is 0 Å². The highest BCUT2D eigenvalue weighted by atomic mass is 35.5. The molecule has 0 aliphatic heterocycles. The van der Waals surface area contributed by atoms with Crippen molar-refractivity contribution < 1.29 is 4.79 Å². The summed E-state index contributed by atoms with van der Waals surface area (Å²) in [6, 6.07) is 24.1. The first-order chi connectivity index (χ1) is 15.1. The number of rotatable bonds is 8. The second-order valence-corrected chi connectivity index (χ2v) is 9.78. The van der Waals surface area contributed by atoms with E-state index in [0.717, 1.165) is 37.3 Å². The Balaban J connectivity index is 1.53. The van der Waals surface area contributed by atoms with Gasteiger partial charge in [-0.1, -0.05) is 66.3 Å². The highest BCUT2D eigenvalue weighted by molar-refractivity contribution is 7.99. The summed E-state index contributed by atoms with van der Waals surface area (Å²) in [5.41, 5.74) is 3.32. The van der Waals surface area contributed by atoms with E-state index >= 15 is 0 Å². The third-order valence-electron chi connectivity index (χ3n) is 4.96. The standard InChI is InChI=1S/C25H23ClN2OS2/c1-2-18-8-13-22-23(16-18)31-25(27-22)28(17-19-6-4-3-5-7-19)24(29)14-15-30-21-11-9-20(26)10-12-21/h3-13,16H,2,14-15,17H2,1H3. The van der Waals surface area contributed by atoms with E-state index < -0.39 is 0 Å². The summed E-state index contributed by atoms with van der Waals surface area (Å²) in [6.45, 7) is 2.67. The number of benzene rings is 3. The van der Waals surface area contributed by atoms with Gasteiger partial charge in [0.2, 0.25) is 5.91 Å². The molecule has 1 amide bonds. The van der Waals surface area contributed by atoms with Crippen molar-refractivity contribution in [1.82, 2.24) is 4.98 Å². The number of anilines is 1. The maximum absolute atomic E-state index is 13.3. The average Bonchev–Trinajstić information content (AvgIpc) is 3.22. The summed E-state index contributed by atoms with van der Waals surface area (Å²) in [7, 11) is 0. The number of hydrogen-bond donors (Lipinski definition) is 0. The zero-order valence-corrected chi connectivity index (χ0v) is 19.6. The summed E-state index contributed by atoms with van der Waals surface area (Å²) in [5.74, 6) is 0.788. The van der Waals surface area contributed by atoms with E-state index in [1.165, 1.54) is 5.56 Å². The Morgan fingerprint density at radius 1 is 1.03 bits per heavy atom. The number of hydrogen-bond acceptors (Lipinski definition) is 4. The van der Waals surface area contributed by atoms with Crippen LogP contribution < -0.4 is 4.90 Å². The Hall–Kier alpha value is -2.34. The van der Waals surface area contributed by atoms with Crippen molar-refractivity contribution in [2.45, 2.75) is 31.2 Å². The molecule has 1 heterocycles. The van der Waals surface area contributed by atoms with Crippen molar-refractivity contribution >= 4 is 56.0 Å². The van der Waals surface area contributed by atoms with Crippen LogP contribution in [0.3, 0.4) is 0 Å². The van der Waals surface area contributed by atoms with E-state index in [0.29, 0.717) is 18.7 Å². The first-order valence-corrected chi connectivity index (χ1v) is 12.4. The summed E-state index contributed by atoms with van der Waals surface area (Å²) in [4.78, 5) is 21.0. The van der Waals surface area contributed by atoms with Gasteiger partial charge in [0, 0.05) is 22.1 Å². The molecule has 0 unspecified atom stereocenters. The molecule has 1 aromatic heterocycles. The third kappa shape index (κ3) is 5.67. The predicted molar refractivity (Wildman–Crippen MR) is 133 cm³/mol. The maximum atomic E-state index is 13.3. The Morgan fingerprint density at radius 3 is 2.55 bits per heavy atom. The molecule has 0 atom stereocenters. The molecule has 0 saturated carbocycles. The minimum atomic E-state index is 0.0834. The van der Waals surface area contributed by atoms with Gasteiger partial charge in [-0.15, -0.1) is 11.8 Å². The summed E-state index contributed by atoms with van der Waals surface area (Å²) in [5, 5.41) is 1.48. The predicted octanol–water partition coefficient (Wildman–Crippen LogP) is 7.23. The molecule has 0 fully saturated rings. The lowest BCUT2D eigenvalue weighted by atomic mass is 10.2. The fourth-order valence-electron chi connectivity index (χ4n) is 3.24. The molecule has 0 radical (unpaired) electrons. The normalized spacial score (nSPS) is 11.0. The van der Waals surface area contributed by atoms with E-state index in [2.05, 4.69) is 25.1 Å². The van der Waals surface area contributed by atoms with Crippen molar-refractivity contribution in [3.05, 3.63) is 88.9 Å². The van der Waals surface area contributed by atoms with Crippen LogP contribution in [0, 0.1) is 0 Å². The van der Waals surface area contributed by atoms with E-state index in [9.17, 15) is 4.79 Å². The van der Waals surface area contributed by atoms with Gasteiger partial charge in [0.25, 0.3) is 0 Å². The van der Waals surface area contributed by atoms with Crippen LogP contribution in [0.4, 0.5) is 5.13 Å². The van der Waals surface area contributed by atoms with Crippen molar-refractivity contribution in [1.29, 1.82) is 0 Å². The maximum Gasteiger partial charge on any atom is 0.229 e. The van der Waals surface area contributed by atoms with Gasteiger partial charge in [0.05, 0.1) is 16.8 Å². The van der Waals surface area contributed by atoms with E-state index in [4.69, 9.17) is 16.6 Å². The summed E-state index contributed by atoms with van der Waals surface area (Å²) < 4.78 is 1.12. The van der Waals surface area contributed by atoms with Gasteiger partial charge < -0.3 is 0 Å². The molecule has 158 valence electrons. The molecule has 3 aromatic carbocycles. The Kier molecular flexibility index (Phi) is 7.28. The van der Waals surface area contributed by atoms with E-state index in [1.807, 2.05) is 59.5 Å². The molecule has 0 bridgehead atoms. The number of carbonyl (C=O) groups excluding carboxylic acids is 1. The van der Waals surface area contributed by atoms with Crippen molar-refractivity contribution in [2.75, 3.05) is 10.7 Å². The quantitative estimate of drug-likeness (QED) is 0.257. The van der Waals surface area contributed by atoms with Crippen LogP contribution in [0.2, 0.25) is 5.02 Å². The summed E-state index contributed by atoms with van der Waals surface area (Å²) in [6.07, 6.45) is 1.42. The molecule has 0 N–H and O–H groups in total. The van der Waals surface area contributed by atoms with Gasteiger partial charge in [0.15, 0.2) is 5.13 Å². The number of aromatic nitrogens is 1. The van der Waals surface area contributed by atoms with Crippen LogP contribution in [0.1, 0.15) is 24.5 Å². The van der Waals surface area contributed by atoms with Crippen molar-refractivity contribution in [2.24, 2.45) is 0 Å². The molecule has 6 heteroatoms. The number of carbonyl (C=O) groups is 1. The van der Waals surface area contributed by atoms with Crippen LogP contribution in [0.25, 0.3) is 10.2 Å². The van der Waals surface area contributed by atoms with Crippen LogP contribution in [0.5, 0.6) is 0 Å². The monoisotopic (exact) mass is 466 g/mol. The lowest BCUT2D eigenvalue weighted by Crippen LogP contribution is -2.30. The van der Waals surface area contributed by atoms with E-state index in [-0.39, 0.29) is 5.91 Å². The van der Waals surface area contributed by atoms with Crippen molar-refractivity contribution in [3.63, 3.8) is 0 Å². The smallest absolute Gasteiger partial charge is 0.229 e. The van der Waals surface area contributed by atoms with Gasteiger partial charge in [-0.2, -0.15) is 0 Å². The van der Waals surface area contributed by atoms with Gasteiger partial charge in [-0.05, 0) is 53.9 Å². The molecule has 3 nitrogen and oxygen atoms in total. The molecular formula is C25H23ClN2OS2. The fourth-order valence-corrected chi connectivity index (χ4v) is 5.26. The van der Waals surface area contributed by atoms with E-state index in [1.54, 1.807) is 23.1 Å². The Labute approximate surface area is 196 Å². The number of nitrogens with zero attached hydrogens (tertiary/aromatic N) is 2. The van der Waals surface area contributed by atoms with Crippen LogP contribution >= 0.6 is 34.7 Å². The number of thioether (sulfide) groups is 1. The third-order valence-corrected chi connectivity index (χ3v) is 7.27. The molecule has 31 heavy (non-hydrogen) atoms. The number of aryl methyl sites for hydroxylation is 1. The SMILES string of the molecule is CCc1ccc2nc(N(Cc3ccccc3)C(=O)CCSc3ccc(Cl)cc3)sc2c1. The highest BCUT2D eigenvalue weighted by Crippen LogP contribution is 2.31. The zero-order valence-electron chi connectivity index (χ0n) is 17.3. The first kappa shape index (κ1) is 21.9. The van der Waals surface area contributed by atoms with Crippen LogP contribution in [-0.4, -0.2) is 16.6 Å². The largest absolute Gasteiger partial charge is 0.284 e. The minimum Gasteiger partial charge on any atom is -0.284 e. The Morgan fingerprint density at radius 2 is 1.81 bits per heavy atom. The Bertz CT molecular complexity index is 1160. The molecule has 0 aliphatic carbocycles. The number of thiazole rings is 1. The van der Waals surface area contributed by atoms with Crippen molar-refractivity contribution in [3.8, 4) is 0 Å².